The number of methoxy groups -OCH3 is 1. The van der Waals surface area contributed by atoms with Crippen molar-refractivity contribution in [2.45, 2.75) is 26.1 Å². The third-order valence-corrected chi connectivity index (χ3v) is 2.84. The van der Waals surface area contributed by atoms with Gasteiger partial charge in [-0.25, -0.2) is 9.59 Å². The van der Waals surface area contributed by atoms with Gasteiger partial charge in [0.05, 0.1) is 19.8 Å². The van der Waals surface area contributed by atoms with Gasteiger partial charge in [0.2, 0.25) is 0 Å². The van der Waals surface area contributed by atoms with E-state index in [9.17, 15) is 9.59 Å². The second-order valence-corrected chi connectivity index (χ2v) is 4.73. The summed E-state index contributed by atoms with van der Waals surface area (Å²) in [7, 11) is 1.30. The van der Waals surface area contributed by atoms with Gasteiger partial charge in [-0.2, -0.15) is 0 Å². The van der Waals surface area contributed by atoms with Gasteiger partial charge in [-0.3, -0.25) is 0 Å². The Balaban J connectivity index is 2.38. The monoisotopic (exact) mass is 321 g/mol. The SMILES string of the molecule is CCCOC(/C=C/C(=O)OC)CNC(=O)OCc1ccccc1. The molecule has 1 N–H and O–H groups in total. The molecule has 0 aliphatic carbocycles. The summed E-state index contributed by atoms with van der Waals surface area (Å²) in [6.07, 6.45) is 2.71. The summed E-state index contributed by atoms with van der Waals surface area (Å²) in [5, 5.41) is 2.61. The molecule has 0 heterocycles. The van der Waals surface area contributed by atoms with Gasteiger partial charge in [0, 0.05) is 12.7 Å². The Bertz CT molecular complexity index is 501. The maximum absolute atomic E-state index is 11.7. The van der Waals surface area contributed by atoms with E-state index in [1.165, 1.54) is 13.2 Å². The van der Waals surface area contributed by atoms with Crippen LogP contribution in [-0.4, -0.2) is 38.4 Å². The van der Waals surface area contributed by atoms with E-state index >= 15 is 0 Å². The molecule has 1 aromatic rings. The van der Waals surface area contributed by atoms with Gasteiger partial charge in [-0.15, -0.1) is 0 Å². The van der Waals surface area contributed by atoms with Crippen molar-refractivity contribution in [2.24, 2.45) is 0 Å². The fourth-order valence-electron chi connectivity index (χ4n) is 1.66. The van der Waals surface area contributed by atoms with Crippen LogP contribution in [0.1, 0.15) is 18.9 Å². The Kier molecular flexibility index (Phi) is 9.16. The number of hydrogen-bond acceptors (Lipinski definition) is 5. The van der Waals surface area contributed by atoms with Crippen LogP contribution in [0.25, 0.3) is 0 Å². The number of carbonyl (C=O) groups excluding carboxylic acids is 2. The molecule has 1 rings (SSSR count). The molecule has 0 aliphatic rings. The first kappa shape index (κ1) is 18.7. The highest BCUT2D eigenvalue weighted by Gasteiger charge is 2.09. The molecule has 126 valence electrons. The first-order valence-corrected chi connectivity index (χ1v) is 7.48. The van der Waals surface area contributed by atoms with Crippen molar-refractivity contribution in [3.05, 3.63) is 48.0 Å². The number of esters is 1. The average molecular weight is 321 g/mol. The van der Waals surface area contributed by atoms with E-state index in [1.54, 1.807) is 6.08 Å². The summed E-state index contributed by atoms with van der Waals surface area (Å²) in [6.45, 7) is 2.91. The predicted molar refractivity (Wildman–Crippen MR) is 85.8 cm³/mol. The van der Waals surface area contributed by atoms with E-state index in [2.05, 4.69) is 10.1 Å². The van der Waals surface area contributed by atoms with Crippen LogP contribution in [-0.2, 0) is 25.6 Å². The van der Waals surface area contributed by atoms with Crippen LogP contribution in [0.4, 0.5) is 4.79 Å². The first-order valence-electron chi connectivity index (χ1n) is 7.48. The summed E-state index contributed by atoms with van der Waals surface area (Å²) < 4.78 is 15.2. The molecular formula is C17H23NO5. The Labute approximate surface area is 136 Å². The van der Waals surface area contributed by atoms with E-state index in [0.717, 1.165) is 12.0 Å². The maximum atomic E-state index is 11.7. The number of amides is 1. The smallest absolute Gasteiger partial charge is 0.407 e. The molecule has 0 bridgehead atoms. The second kappa shape index (κ2) is 11.3. The van der Waals surface area contributed by atoms with Gasteiger partial charge >= 0.3 is 12.1 Å². The molecule has 0 saturated heterocycles. The molecule has 0 aromatic heterocycles. The van der Waals surface area contributed by atoms with Crippen molar-refractivity contribution in [1.82, 2.24) is 5.32 Å². The lowest BCUT2D eigenvalue weighted by atomic mass is 10.2. The van der Waals surface area contributed by atoms with Crippen LogP contribution in [0.2, 0.25) is 0 Å². The lowest BCUT2D eigenvalue weighted by Gasteiger charge is -2.14. The number of ether oxygens (including phenoxy) is 3. The number of carbonyl (C=O) groups is 2. The van der Waals surface area contributed by atoms with Crippen molar-refractivity contribution in [2.75, 3.05) is 20.3 Å². The fourth-order valence-corrected chi connectivity index (χ4v) is 1.66. The van der Waals surface area contributed by atoms with E-state index < -0.39 is 18.2 Å². The van der Waals surface area contributed by atoms with Gasteiger partial charge < -0.3 is 19.5 Å². The van der Waals surface area contributed by atoms with Gasteiger partial charge in [0.1, 0.15) is 6.61 Å². The third kappa shape index (κ3) is 8.63. The topological polar surface area (TPSA) is 73.9 Å². The molecule has 6 nitrogen and oxygen atoms in total. The predicted octanol–water partition coefficient (Wildman–Crippen LogP) is 2.44. The van der Waals surface area contributed by atoms with Crippen molar-refractivity contribution in [3.8, 4) is 0 Å². The Morgan fingerprint density at radius 3 is 2.65 bits per heavy atom. The summed E-state index contributed by atoms with van der Waals surface area (Å²) in [6, 6.07) is 9.40. The van der Waals surface area contributed by atoms with E-state index in [1.807, 2.05) is 37.3 Å². The maximum Gasteiger partial charge on any atom is 0.407 e. The largest absolute Gasteiger partial charge is 0.466 e. The Hall–Kier alpha value is -2.34. The highest BCUT2D eigenvalue weighted by Crippen LogP contribution is 2.01. The second-order valence-electron chi connectivity index (χ2n) is 4.73. The number of nitrogens with one attached hydrogen (secondary N) is 1. The van der Waals surface area contributed by atoms with Crippen molar-refractivity contribution in [1.29, 1.82) is 0 Å². The summed E-state index contributed by atoms with van der Waals surface area (Å²) in [5.74, 6) is -0.471. The van der Waals surface area contributed by atoms with Crippen LogP contribution in [0.3, 0.4) is 0 Å². The lowest BCUT2D eigenvalue weighted by molar-refractivity contribution is -0.134. The van der Waals surface area contributed by atoms with Crippen LogP contribution in [0.5, 0.6) is 0 Å². The van der Waals surface area contributed by atoms with Crippen molar-refractivity contribution in [3.63, 3.8) is 0 Å². The molecule has 0 spiro atoms. The first-order chi connectivity index (χ1) is 11.2. The van der Waals surface area contributed by atoms with Crippen LogP contribution >= 0.6 is 0 Å². The molecule has 0 fully saturated rings. The molecule has 1 aromatic carbocycles. The van der Waals surface area contributed by atoms with Crippen LogP contribution < -0.4 is 5.32 Å². The minimum Gasteiger partial charge on any atom is -0.466 e. The van der Waals surface area contributed by atoms with Gasteiger partial charge in [-0.1, -0.05) is 37.3 Å². The number of benzene rings is 1. The molecule has 1 unspecified atom stereocenters. The van der Waals surface area contributed by atoms with E-state index in [4.69, 9.17) is 9.47 Å². The van der Waals surface area contributed by atoms with Crippen molar-refractivity contribution < 1.29 is 23.8 Å². The Morgan fingerprint density at radius 1 is 1.26 bits per heavy atom. The zero-order valence-corrected chi connectivity index (χ0v) is 13.5. The molecule has 0 saturated carbocycles. The zero-order chi connectivity index (χ0) is 16.9. The average Bonchev–Trinajstić information content (AvgIpc) is 2.59. The quantitative estimate of drug-likeness (QED) is 0.558. The molecule has 1 amide bonds. The molecule has 1 atom stereocenters. The standard InChI is InChI=1S/C17H23NO5/c1-3-11-22-15(9-10-16(19)21-2)12-18-17(20)23-13-14-7-5-4-6-8-14/h4-10,15H,3,11-13H2,1-2H3,(H,18,20)/b10-9+. The molecular weight excluding hydrogens is 298 g/mol. The molecule has 0 radical (unpaired) electrons. The van der Waals surface area contributed by atoms with Gasteiger partial charge in [0.15, 0.2) is 0 Å². The van der Waals surface area contributed by atoms with Crippen LogP contribution in [0, 0.1) is 0 Å². The van der Waals surface area contributed by atoms with Gasteiger partial charge in [0.25, 0.3) is 0 Å². The number of hydrogen-bond donors (Lipinski definition) is 1. The summed E-state index contributed by atoms with van der Waals surface area (Å²) in [5.41, 5.74) is 0.909. The highest BCUT2D eigenvalue weighted by atomic mass is 16.5. The van der Waals surface area contributed by atoms with Gasteiger partial charge in [-0.05, 0) is 18.1 Å². The molecule has 23 heavy (non-hydrogen) atoms. The third-order valence-electron chi connectivity index (χ3n) is 2.84. The number of alkyl carbamates (subject to hydrolysis) is 1. The highest BCUT2D eigenvalue weighted by molar-refractivity contribution is 5.81. The lowest BCUT2D eigenvalue weighted by Crippen LogP contribution is -2.33. The van der Waals surface area contributed by atoms with E-state index in [-0.39, 0.29) is 13.2 Å². The Morgan fingerprint density at radius 2 is 2.00 bits per heavy atom. The molecule has 0 aliphatic heterocycles. The van der Waals surface area contributed by atoms with Crippen molar-refractivity contribution >= 4 is 12.1 Å². The summed E-state index contributed by atoms with van der Waals surface area (Å²) >= 11 is 0. The molecule has 6 heteroatoms. The van der Waals surface area contributed by atoms with E-state index in [0.29, 0.717) is 6.61 Å². The normalized spacial score (nSPS) is 11.9. The minimum atomic E-state index is -0.537. The van der Waals surface area contributed by atoms with Crippen LogP contribution in [0.15, 0.2) is 42.5 Å². The summed E-state index contributed by atoms with van der Waals surface area (Å²) in [4.78, 5) is 22.8. The number of rotatable bonds is 9. The zero-order valence-electron chi connectivity index (χ0n) is 13.5. The fraction of sp³-hybridized carbons (Fsp3) is 0.412. The minimum absolute atomic E-state index is 0.200.